The first-order valence-electron chi connectivity index (χ1n) is 8.40. The third-order valence-electron chi connectivity index (χ3n) is 4.77. The van der Waals surface area contributed by atoms with Crippen LogP contribution in [0.3, 0.4) is 0 Å². The summed E-state index contributed by atoms with van der Waals surface area (Å²) < 4.78 is 19.1. The van der Waals surface area contributed by atoms with Gasteiger partial charge in [0.15, 0.2) is 0 Å². The second kappa shape index (κ2) is 8.59. The predicted molar refractivity (Wildman–Crippen MR) is 91.6 cm³/mol. The van der Waals surface area contributed by atoms with Gasteiger partial charge in [0.2, 0.25) is 0 Å². The lowest BCUT2D eigenvalue weighted by Crippen LogP contribution is -2.40. The van der Waals surface area contributed by atoms with E-state index in [1.165, 1.54) is 0 Å². The number of ether oxygens (including phenoxy) is 1. The SMILES string of the molecule is CCC(CC)OC(C)(CC)CC(C)(CC)[PH](=O)C(C)C. The van der Waals surface area contributed by atoms with Crippen LogP contribution in [-0.4, -0.2) is 22.5 Å². The molecule has 0 heterocycles. The van der Waals surface area contributed by atoms with E-state index in [-0.39, 0.29) is 16.4 Å². The highest BCUT2D eigenvalue weighted by atomic mass is 31.1. The molecule has 122 valence electrons. The van der Waals surface area contributed by atoms with E-state index in [1.807, 2.05) is 0 Å². The van der Waals surface area contributed by atoms with E-state index in [1.54, 1.807) is 0 Å². The molecule has 0 aliphatic rings. The fourth-order valence-corrected chi connectivity index (χ4v) is 5.31. The van der Waals surface area contributed by atoms with Crippen LogP contribution in [0, 0.1) is 0 Å². The highest BCUT2D eigenvalue weighted by Gasteiger charge is 2.39. The lowest BCUT2D eigenvalue weighted by molar-refractivity contribution is -0.0966. The van der Waals surface area contributed by atoms with Crippen molar-refractivity contribution in [1.82, 2.24) is 0 Å². The van der Waals surface area contributed by atoms with Gasteiger partial charge in [-0.1, -0.05) is 48.5 Å². The zero-order valence-electron chi connectivity index (χ0n) is 15.0. The molecule has 0 aliphatic heterocycles. The van der Waals surface area contributed by atoms with Crippen molar-refractivity contribution in [3.05, 3.63) is 0 Å². The molecule has 0 aromatic heterocycles. The lowest BCUT2D eigenvalue weighted by atomic mass is 9.88. The van der Waals surface area contributed by atoms with E-state index in [2.05, 4.69) is 55.4 Å². The van der Waals surface area contributed by atoms with Gasteiger partial charge in [0.1, 0.15) is 0 Å². The third kappa shape index (κ3) is 5.53. The van der Waals surface area contributed by atoms with Crippen molar-refractivity contribution < 1.29 is 9.30 Å². The fourth-order valence-electron chi connectivity index (χ4n) is 3.02. The van der Waals surface area contributed by atoms with Gasteiger partial charge in [-0.2, -0.15) is 0 Å². The van der Waals surface area contributed by atoms with Gasteiger partial charge in [0, 0.05) is 10.8 Å². The van der Waals surface area contributed by atoms with Gasteiger partial charge in [-0.05, 0) is 39.0 Å². The van der Waals surface area contributed by atoms with Crippen LogP contribution in [0.5, 0.6) is 0 Å². The molecule has 0 aromatic carbocycles. The summed E-state index contributed by atoms with van der Waals surface area (Å²) in [5.41, 5.74) is 0.121. The van der Waals surface area contributed by atoms with Crippen LogP contribution < -0.4 is 0 Å². The van der Waals surface area contributed by atoms with Crippen LogP contribution >= 0.6 is 7.80 Å². The maximum atomic E-state index is 12.7. The quantitative estimate of drug-likeness (QED) is 0.470. The van der Waals surface area contributed by atoms with E-state index < -0.39 is 7.80 Å². The summed E-state index contributed by atoms with van der Waals surface area (Å²) in [6.45, 7) is 17.3. The van der Waals surface area contributed by atoms with E-state index in [0.29, 0.717) is 6.10 Å². The number of hydrogen-bond donors (Lipinski definition) is 0. The van der Waals surface area contributed by atoms with Gasteiger partial charge in [-0.25, -0.2) is 0 Å². The zero-order chi connectivity index (χ0) is 16.0. The lowest BCUT2D eigenvalue weighted by Gasteiger charge is -2.41. The van der Waals surface area contributed by atoms with Crippen molar-refractivity contribution >= 4 is 7.80 Å². The minimum atomic E-state index is -1.62. The van der Waals surface area contributed by atoms with E-state index in [0.717, 1.165) is 32.1 Å². The molecule has 0 N–H and O–H groups in total. The molecule has 0 rings (SSSR count). The highest BCUT2D eigenvalue weighted by molar-refractivity contribution is 7.47. The molecule has 0 saturated carbocycles. The average Bonchev–Trinajstić information content (AvgIpc) is 2.43. The Morgan fingerprint density at radius 2 is 1.50 bits per heavy atom. The normalized spacial score (nSPS) is 19.9. The molecule has 0 radical (unpaired) electrons. The summed E-state index contributed by atoms with van der Waals surface area (Å²) in [5.74, 6) is 0. The summed E-state index contributed by atoms with van der Waals surface area (Å²) in [6.07, 6.45) is 5.27. The first-order valence-corrected chi connectivity index (χ1v) is 9.88. The zero-order valence-corrected chi connectivity index (χ0v) is 16.0. The summed E-state index contributed by atoms with van der Waals surface area (Å²) in [5, 5.41) is -0.0877. The van der Waals surface area contributed by atoms with Crippen molar-refractivity contribution in [2.45, 2.75) is 110 Å². The molecule has 3 unspecified atom stereocenters. The molecule has 0 aromatic rings. The van der Waals surface area contributed by atoms with Crippen LogP contribution in [-0.2, 0) is 9.30 Å². The standard InChI is InChI=1S/C17H37O2P/c1-9-15(10-2)19-16(7,11-3)13-17(8,12-4)20(18)14(5)6/h14-15,20H,9-13H2,1-8H3. The summed E-state index contributed by atoms with van der Waals surface area (Å²) in [6, 6.07) is 0. The molecule has 0 spiro atoms. The Morgan fingerprint density at radius 1 is 1.00 bits per heavy atom. The minimum absolute atomic E-state index is 0.0877. The van der Waals surface area contributed by atoms with Crippen molar-refractivity contribution in [3.8, 4) is 0 Å². The molecular formula is C17H37O2P. The fraction of sp³-hybridized carbons (Fsp3) is 1.00. The molecule has 0 fully saturated rings. The predicted octanol–water partition coefficient (Wildman–Crippen LogP) is 5.89. The van der Waals surface area contributed by atoms with Gasteiger partial charge in [-0.3, -0.25) is 0 Å². The Balaban J connectivity index is 5.10. The van der Waals surface area contributed by atoms with Crippen LogP contribution in [0.1, 0.15) is 87.5 Å². The van der Waals surface area contributed by atoms with Gasteiger partial charge in [-0.15, -0.1) is 0 Å². The maximum absolute atomic E-state index is 12.7. The van der Waals surface area contributed by atoms with Crippen LogP contribution in [0.4, 0.5) is 0 Å². The Hall–Kier alpha value is 0.190. The Morgan fingerprint density at radius 3 is 1.80 bits per heavy atom. The second-order valence-electron chi connectivity index (χ2n) is 6.97. The van der Waals surface area contributed by atoms with Gasteiger partial charge in [0.05, 0.1) is 19.5 Å². The summed E-state index contributed by atoms with van der Waals surface area (Å²) >= 11 is 0. The van der Waals surface area contributed by atoms with E-state index in [9.17, 15) is 4.57 Å². The Kier molecular flexibility index (Phi) is 8.67. The van der Waals surface area contributed by atoms with Gasteiger partial charge < -0.3 is 9.30 Å². The topological polar surface area (TPSA) is 26.3 Å². The molecule has 0 saturated heterocycles. The monoisotopic (exact) mass is 304 g/mol. The second-order valence-corrected chi connectivity index (χ2v) is 10.1. The molecule has 3 heteroatoms. The van der Waals surface area contributed by atoms with Crippen molar-refractivity contribution in [2.24, 2.45) is 0 Å². The van der Waals surface area contributed by atoms with Crippen molar-refractivity contribution in [2.75, 3.05) is 0 Å². The Bertz CT molecular complexity index is 299. The van der Waals surface area contributed by atoms with Crippen LogP contribution in [0.25, 0.3) is 0 Å². The van der Waals surface area contributed by atoms with Crippen molar-refractivity contribution in [3.63, 3.8) is 0 Å². The van der Waals surface area contributed by atoms with Crippen LogP contribution in [0.2, 0.25) is 0 Å². The smallest absolute Gasteiger partial charge is 0.0842 e. The first kappa shape index (κ1) is 20.2. The van der Waals surface area contributed by atoms with E-state index in [4.69, 9.17) is 4.74 Å². The molecule has 3 atom stereocenters. The largest absolute Gasteiger partial charge is 0.372 e. The molecule has 2 nitrogen and oxygen atoms in total. The van der Waals surface area contributed by atoms with Crippen molar-refractivity contribution in [1.29, 1.82) is 0 Å². The summed E-state index contributed by atoms with van der Waals surface area (Å²) in [4.78, 5) is 0. The maximum Gasteiger partial charge on any atom is 0.0842 e. The molecular weight excluding hydrogens is 267 g/mol. The third-order valence-corrected chi connectivity index (χ3v) is 7.54. The number of rotatable bonds is 10. The van der Waals surface area contributed by atoms with Gasteiger partial charge in [0.25, 0.3) is 0 Å². The first-order chi connectivity index (χ1) is 9.17. The van der Waals surface area contributed by atoms with E-state index >= 15 is 0 Å². The summed E-state index contributed by atoms with van der Waals surface area (Å²) in [7, 11) is -1.62. The highest BCUT2D eigenvalue weighted by Crippen LogP contribution is 2.50. The Labute approximate surface area is 127 Å². The molecule has 0 aliphatic carbocycles. The molecule has 20 heavy (non-hydrogen) atoms. The molecule has 0 bridgehead atoms. The number of hydrogen-bond acceptors (Lipinski definition) is 2. The molecule has 0 amide bonds. The minimum Gasteiger partial charge on any atom is -0.372 e. The van der Waals surface area contributed by atoms with Gasteiger partial charge >= 0.3 is 0 Å². The van der Waals surface area contributed by atoms with Crippen LogP contribution in [0.15, 0.2) is 0 Å². The average molecular weight is 304 g/mol.